The maximum absolute atomic E-state index is 14.8. The first-order valence-electron chi connectivity index (χ1n) is 18.2. The first-order chi connectivity index (χ1) is 25.7. The fourth-order valence-corrected chi connectivity index (χ4v) is 8.40. The van der Waals surface area contributed by atoms with Crippen LogP contribution < -0.4 is 9.78 Å². The second-order valence-electron chi connectivity index (χ2n) is 13.9. The first-order valence-corrected chi connectivity index (χ1v) is 19.7. The van der Waals surface area contributed by atoms with Crippen LogP contribution in [0.15, 0.2) is 24.3 Å². The lowest BCUT2D eigenvalue weighted by molar-refractivity contribution is -0.386. The number of hydrogen-bond donors (Lipinski definition) is 1. The number of esters is 2. The molecule has 2 aromatic rings. The molecule has 0 aromatic heterocycles. The van der Waals surface area contributed by atoms with Crippen molar-refractivity contribution in [3.63, 3.8) is 0 Å². The van der Waals surface area contributed by atoms with E-state index >= 15 is 0 Å². The van der Waals surface area contributed by atoms with Gasteiger partial charge in [-0.25, -0.2) is 0 Å². The third-order valence-electron chi connectivity index (χ3n) is 10.2. The number of rotatable bonds is 22. The summed E-state index contributed by atoms with van der Waals surface area (Å²) in [5.41, 5.74) is -2.46. The topological polar surface area (TPSA) is 230 Å². The van der Waals surface area contributed by atoms with Crippen molar-refractivity contribution in [3.05, 3.63) is 66.7 Å². The van der Waals surface area contributed by atoms with Crippen LogP contribution in [0.4, 0.5) is 11.4 Å². The number of ether oxygens (including phenoxy) is 2. The predicted molar refractivity (Wildman–Crippen MR) is 190 cm³/mol. The summed E-state index contributed by atoms with van der Waals surface area (Å²) in [6.45, 7) is 6.13. The van der Waals surface area contributed by atoms with Crippen LogP contribution in [-0.2, 0) is 65.4 Å². The van der Waals surface area contributed by atoms with Gasteiger partial charge in [-0.2, -0.15) is 18.2 Å². The van der Waals surface area contributed by atoms with Gasteiger partial charge in [0.25, 0.3) is 21.5 Å². The number of carbonyl (C=O) groups excluding carboxylic acids is 2. The van der Waals surface area contributed by atoms with E-state index in [2.05, 4.69) is 0 Å². The van der Waals surface area contributed by atoms with Gasteiger partial charge in [0.2, 0.25) is 0 Å². The SMILES string of the molecule is CCCCC(CC)CC(CC(CC)CCCC)(C(=O)OCc1cc2c(cc1[N+](=O)[O-])OOC2)C(C(=O)OCc1cc2c(cc1[N+](=O)[O-])OOC2)S(=O)(=O)O. The van der Waals surface area contributed by atoms with Crippen molar-refractivity contribution in [2.24, 2.45) is 17.3 Å². The van der Waals surface area contributed by atoms with Gasteiger partial charge < -0.3 is 19.2 Å². The van der Waals surface area contributed by atoms with Crippen molar-refractivity contribution < 1.29 is 61.4 Å². The van der Waals surface area contributed by atoms with Crippen molar-refractivity contribution in [1.29, 1.82) is 0 Å². The monoisotopic (exact) mass is 780 g/mol. The lowest BCUT2D eigenvalue weighted by atomic mass is 9.68. The van der Waals surface area contributed by atoms with Gasteiger partial charge in [0.15, 0.2) is 16.7 Å². The molecule has 17 nitrogen and oxygen atoms in total. The second-order valence-corrected chi connectivity index (χ2v) is 15.4. The quantitative estimate of drug-likeness (QED) is 0.0403. The zero-order valence-corrected chi connectivity index (χ0v) is 31.7. The van der Waals surface area contributed by atoms with E-state index in [1.165, 1.54) is 12.1 Å². The standard InChI is InChI=1S/C36H48N2O15S/c1-5-9-11-23(7-3)17-36(18-24(8-4)12-10-6-2,35(40)49-20-26-14-28-22-51-53-32(28)16-30(26)38(43)44)33(54(45,46)47)34(39)48-19-25-13-27-21-50-52-31(27)15-29(25)37(41)42/h13-16,23-24,33H,5-12,17-22H2,1-4H3,(H,45,46,47). The number of hydrogen-bond acceptors (Lipinski definition) is 14. The van der Waals surface area contributed by atoms with Gasteiger partial charge in [0.1, 0.15) is 26.4 Å². The highest BCUT2D eigenvalue weighted by Crippen LogP contribution is 2.46. The van der Waals surface area contributed by atoms with Gasteiger partial charge in [0.05, 0.1) is 38.5 Å². The molecule has 2 aliphatic heterocycles. The summed E-state index contributed by atoms with van der Waals surface area (Å²) < 4.78 is 49.4. The van der Waals surface area contributed by atoms with Crippen molar-refractivity contribution in [3.8, 4) is 11.5 Å². The van der Waals surface area contributed by atoms with Crippen molar-refractivity contribution in [1.82, 2.24) is 0 Å². The first kappa shape index (κ1) is 42.4. The van der Waals surface area contributed by atoms with Gasteiger partial charge in [-0.1, -0.05) is 79.1 Å². The molecule has 1 N–H and O–H groups in total. The van der Waals surface area contributed by atoms with Gasteiger partial charge in [-0.05, 0) is 36.8 Å². The number of unbranched alkanes of at least 4 members (excludes halogenated alkanes) is 2. The van der Waals surface area contributed by atoms with Crippen LogP contribution in [-0.4, -0.2) is 40.0 Å². The van der Waals surface area contributed by atoms with Gasteiger partial charge in [0, 0.05) is 11.1 Å². The van der Waals surface area contributed by atoms with Crippen LogP contribution in [0.3, 0.4) is 0 Å². The zero-order chi connectivity index (χ0) is 39.6. The highest BCUT2D eigenvalue weighted by molar-refractivity contribution is 7.87. The summed E-state index contributed by atoms with van der Waals surface area (Å²) in [6, 6.07) is 4.93. The van der Waals surface area contributed by atoms with E-state index in [-0.39, 0.29) is 60.5 Å². The molecule has 0 aliphatic carbocycles. The maximum atomic E-state index is 14.8. The lowest BCUT2D eigenvalue weighted by Crippen LogP contribution is -2.54. The summed E-state index contributed by atoms with van der Waals surface area (Å²) in [4.78, 5) is 71.3. The summed E-state index contributed by atoms with van der Waals surface area (Å²) >= 11 is 0. The van der Waals surface area contributed by atoms with E-state index in [1.54, 1.807) is 0 Å². The molecular weight excluding hydrogens is 732 g/mol. The number of nitrogens with zero attached hydrogens (tertiary/aromatic N) is 2. The minimum atomic E-state index is -5.46. The van der Waals surface area contributed by atoms with E-state index in [1.807, 2.05) is 27.7 Å². The number of nitro groups is 2. The van der Waals surface area contributed by atoms with Crippen LogP contribution in [0, 0.1) is 37.5 Å². The van der Waals surface area contributed by atoms with Gasteiger partial charge >= 0.3 is 11.9 Å². The van der Waals surface area contributed by atoms with Gasteiger partial charge in [-0.15, -0.1) is 0 Å². The van der Waals surface area contributed by atoms with E-state index in [0.717, 1.165) is 37.8 Å². The molecule has 0 radical (unpaired) electrons. The molecule has 0 amide bonds. The largest absolute Gasteiger partial charge is 0.460 e. The predicted octanol–water partition coefficient (Wildman–Crippen LogP) is 7.39. The van der Waals surface area contributed by atoms with E-state index in [9.17, 15) is 42.8 Å². The summed E-state index contributed by atoms with van der Waals surface area (Å²) in [5, 5.41) is 21.4. The molecule has 0 fully saturated rings. The molecule has 2 aromatic carbocycles. The van der Waals surface area contributed by atoms with Crippen molar-refractivity contribution >= 4 is 33.4 Å². The van der Waals surface area contributed by atoms with Crippen LogP contribution >= 0.6 is 0 Å². The Bertz CT molecular complexity index is 1780. The molecule has 0 spiro atoms. The molecule has 0 saturated heterocycles. The van der Waals surface area contributed by atoms with Crippen LogP contribution in [0.5, 0.6) is 11.5 Å². The number of benzene rings is 2. The van der Waals surface area contributed by atoms with Gasteiger partial charge in [-0.3, -0.25) is 34.4 Å². The molecule has 3 unspecified atom stereocenters. The molecule has 298 valence electrons. The van der Waals surface area contributed by atoms with E-state index < -0.39 is 67.2 Å². The second kappa shape index (κ2) is 18.8. The molecule has 54 heavy (non-hydrogen) atoms. The molecular formula is C36H48N2O15S. The Labute approximate surface area is 313 Å². The molecule has 4 rings (SSSR count). The average molecular weight is 781 g/mol. The Kier molecular flexibility index (Phi) is 14.7. The third kappa shape index (κ3) is 10.0. The van der Waals surface area contributed by atoms with Crippen LogP contribution in [0.2, 0.25) is 0 Å². The van der Waals surface area contributed by atoms with E-state index in [0.29, 0.717) is 36.8 Å². The van der Waals surface area contributed by atoms with E-state index in [4.69, 9.17) is 29.0 Å². The maximum Gasteiger partial charge on any atom is 0.328 e. The normalized spacial score (nSPS) is 16.2. The molecule has 2 aliphatic rings. The Morgan fingerprint density at radius 1 is 0.796 bits per heavy atom. The summed E-state index contributed by atoms with van der Waals surface area (Å²) in [5.74, 6) is -3.10. The Hall–Kier alpha value is -4.39. The molecule has 3 atom stereocenters. The lowest BCUT2D eigenvalue weighted by Gasteiger charge is -2.40. The Balaban J connectivity index is 1.83. The Morgan fingerprint density at radius 3 is 1.63 bits per heavy atom. The summed E-state index contributed by atoms with van der Waals surface area (Å²) in [7, 11) is -5.46. The summed E-state index contributed by atoms with van der Waals surface area (Å²) in [6.07, 6.45) is 4.69. The molecule has 2 heterocycles. The minimum absolute atomic E-state index is 0.0253. The average Bonchev–Trinajstić information content (AvgIpc) is 3.80. The zero-order valence-electron chi connectivity index (χ0n) is 30.9. The van der Waals surface area contributed by atoms with Crippen LogP contribution in [0.1, 0.15) is 114 Å². The minimum Gasteiger partial charge on any atom is -0.460 e. The number of fused-ring (bicyclic) bond motifs is 2. The van der Waals surface area contributed by atoms with Crippen molar-refractivity contribution in [2.45, 2.75) is 124 Å². The molecule has 0 saturated carbocycles. The van der Waals surface area contributed by atoms with Crippen LogP contribution in [0.25, 0.3) is 0 Å². The fourth-order valence-electron chi connectivity index (χ4n) is 7.23. The fraction of sp³-hybridized carbons (Fsp3) is 0.611. The molecule has 18 heteroatoms. The molecule has 0 bridgehead atoms. The smallest absolute Gasteiger partial charge is 0.328 e. The number of nitro benzene ring substituents is 2. The van der Waals surface area contributed by atoms with Crippen molar-refractivity contribution in [2.75, 3.05) is 0 Å². The Morgan fingerprint density at radius 2 is 1.24 bits per heavy atom. The highest BCUT2D eigenvalue weighted by Gasteiger charge is 2.58. The number of carbonyl (C=O) groups is 2. The third-order valence-corrected chi connectivity index (χ3v) is 11.4. The highest BCUT2D eigenvalue weighted by atomic mass is 32.2.